The van der Waals surface area contributed by atoms with Crippen LogP contribution in [0.3, 0.4) is 0 Å². The summed E-state index contributed by atoms with van der Waals surface area (Å²) in [6, 6.07) is 6.46. The molecule has 2 N–H and O–H groups in total. The fraction of sp³-hybridized carbons (Fsp3) is 0.133. The molecule has 4 nitrogen and oxygen atoms in total. The lowest BCUT2D eigenvalue weighted by Crippen LogP contribution is -1.96. The Morgan fingerprint density at radius 2 is 2.05 bits per heavy atom. The quantitative estimate of drug-likeness (QED) is 0.834. The van der Waals surface area contributed by atoms with Gasteiger partial charge in [-0.2, -0.15) is 0 Å². The Kier molecular flexibility index (Phi) is 3.03. The van der Waals surface area contributed by atoms with E-state index in [1.165, 1.54) is 10.6 Å². The first-order valence-electron chi connectivity index (χ1n) is 6.22. The van der Waals surface area contributed by atoms with Crippen LogP contribution < -0.4 is 0 Å². The van der Waals surface area contributed by atoms with Crippen molar-refractivity contribution in [3.8, 4) is 17.4 Å². The number of aromatic hydroxyl groups is 2. The summed E-state index contributed by atoms with van der Waals surface area (Å²) >= 11 is 5.46. The Bertz CT molecular complexity index is 731. The lowest BCUT2D eigenvalue weighted by molar-refractivity contribution is 0.108. The molecule has 3 rings (SSSR count). The van der Waals surface area contributed by atoms with E-state index in [-0.39, 0.29) is 11.8 Å². The van der Waals surface area contributed by atoms with E-state index in [1.807, 2.05) is 6.08 Å². The molecule has 0 atom stereocenters. The third-order valence-corrected chi connectivity index (χ3v) is 3.65. The fourth-order valence-electron chi connectivity index (χ4n) is 2.47. The molecule has 0 unspecified atom stereocenters. The van der Waals surface area contributed by atoms with Crippen LogP contribution in [0.5, 0.6) is 11.8 Å². The number of carbonyl (C=O) groups is 1. The molecule has 0 aliphatic heterocycles. The normalized spacial score (nSPS) is 13.2. The van der Waals surface area contributed by atoms with Gasteiger partial charge in [-0.1, -0.05) is 18.2 Å². The topological polar surface area (TPSA) is 62.5 Å². The minimum absolute atomic E-state index is 0.000946. The van der Waals surface area contributed by atoms with Gasteiger partial charge in [-0.3, -0.25) is 9.36 Å². The Balaban J connectivity index is 2.20. The Labute approximate surface area is 120 Å². The first kappa shape index (κ1) is 12.8. The molecule has 1 heterocycles. The molecule has 1 aromatic carbocycles. The van der Waals surface area contributed by atoms with Crippen molar-refractivity contribution < 1.29 is 15.0 Å². The molecule has 102 valence electrons. The Hall–Kier alpha value is -2.20. The predicted octanol–water partition coefficient (Wildman–Crippen LogP) is 3.23. The average Bonchev–Trinajstić information content (AvgIpc) is 2.72. The molecular weight excluding hydrogens is 278 g/mol. The number of rotatable bonds is 2. The molecule has 0 saturated heterocycles. The molecule has 0 radical (unpaired) electrons. The van der Waals surface area contributed by atoms with Gasteiger partial charge in [0.2, 0.25) is 11.8 Å². The van der Waals surface area contributed by atoms with Crippen molar-refractivity contribution in [1.82, 2.24) is 4.57 Å². The van der Waals surface area contributed by atoms with Crippen LogP contribution in [0, 0.1) is 0 Å². The molecule has 1 aromatic heterocycles. The van der Waals surface area contributed by atoms with Gasteiger partial charge in [0, 0.05) is 16.7 Å². The van der Waals surface area contributed by atoms with Crippen LogP contribution in [0.15, 0.2) is 30.3 Å². The van der Waals surface area contributed by atoms with Gasteiger partial charge >= 0.3 is 0 Å². The van der Waals surface area contributed by atoms with Crippen molar-refractivity contribution in [2.45, 2.75) is 12.8 Å². The van der Waals surface area contributed by atoms with Gasteiger partial charge in [-0.15, -0.1) is 0 Å². The number of carbonyl (C=O) groups excluding carboxylic acids is 1. The summed E-state index contributed by atoms with van der Waals surface area (Å²) in [5, 5.41) is 20.0. The van der Waals surface area contributed by atoms with Crippen LogP contribution in [0.1, 0.15) is 27.9 Å². The van der Waals surface area contributed by atoms with Gasteiger partial charge in [0.05, 0.1) is 5.69 Å². The lowest BCUT2D eigenvalue weighted by Gasteiger charge is -2.08. The molecule has 0 saturated carbocycles. The van der Waals surface area contributed by atoms with Crippen molar-refractivity contribution in [1.29, 1.82) is 0 Å². The highest BCUT2D eigenvalue weighted by Gasteiger charge is 2.23. The van der Waals surface area contributed by atoms with E-state index in [0.717, 1.165) is 6.42 Å². The number of hydrogen-bond acceptors (Lipinski definition) is 3. The van der Waals surface area contributed by atoms with E-state index in [2.05, 4.69) is 0 Å². The Morgan fingerprint density at radius 1 is 1.25 bits per heavy atom. The van der Waals surface area contributed by atoms with Gasteiger partial charge in [0.15, 0.2) is 0 Å². The number of nitrogens with zero attached hydrogens (tertiary/aromatic N) is 1. The standard InChI is InChI=1S/C15H12ClNO3/c16-13(18)9-4-3-5-10(8-9)17-14(19)11-6-1-2-7-12(11)15(17)20/h1,3-6,8,19-20H,2,7H2. The number of fused-ring (bicyclic) bond motifs is 1. The van der Waals surface area contributed by atoms with Crippen molar-refractivity contribution in [3.63, 3.8) is 0 Å². The second-order valence-electron chi connectivity index (χ2n) is 4.64. The number of allylic oxidation sites excluding steroid dienone is 1. The van der Waals surface area contributed by atoms with E-state index in [0.29, 0.717) is 28.8 Å². The molecule has 5 heteroatoms. The summed E-state index contributed by atoms with van der Waals surface area (Å²) in [6.07, 6.45) is 5.24. The average molecular weight is 290 g/mol. The highest BCUT2D eigenvalue weighted by Crippen LogP contribution is 2.40. The second-order valence-corrected chi connectivity index (χ2v) is 4.98. The minimum Gasteiger partial charge on any atom is -0.494 e. The van der Waals surface area contributed by atoms with Gasteiger partial charge in [-0.25, -0.2) is 0 Å². The monoisotopic (exact) mass is 289 g/mol. The molecule has 1 aliphatic carbocycles. The van der Waals surface area contributed by atoms with E-state index in [1.54, 1.807) is 24.3 Å². The van der Waals surface area contributed by atoms with E-state index >= 15 is 0 Å². The van der Waals surface area contributed by atoms with Crippen LogP contribution in [-0.4, -0.2) is 20.0 Å². The second kappa shape index (κ2) is 4.72. The van der Waals surface area contributed by atoms with Crippen molar-refractivity contribution in [3.05, 3.63) is 47.0 Å². The van der Waals surface area contributed by atoms with Crippen LogP contribution in [-0.2, 0) is 6.42 Å². The maximum atomic E-state index is 11.2. The first-order chi connectivity index (χ1) is 9.59. The zero-order valence-electron chi connectivity index (χ0n) is 10.5. The zero-order chi connectivity index (χ0) is 14.3. The van der Waals surface area contributed by atoms with Crippen LogP contribution in [0.4, 0.5) is 0 Å². The largest absolute Gasteiger partial charge is 0.494 e. The van der Waals surface area contributed by atoms with Gasteiger partial charge in [-0.05, 0) is 42.6 Å². The highest BCUT2D eigenvalue weighted by molar-refractivity contribution is 6.67. The SMILES string of the molecule is O=C(Cl)c1cccc(-n2c(O)c3c(c2O)CCC=C3)c1. The fourth-order valence-corrected chi connectivity index (χ4v) is 2.59. The molecule has 0 fully saturated rings. The zero-order valence-corrected chi connectivity index (χ0v) is 11.3. The number of benzene rings is 1. The summed E-state index contributed by atoms with van der Waals surface area (Å²) in [4.78, 5) is 11.2. The van der Waals surface area contributed by atoms with Crippen molar-refractivity contribution in [2.24, 2.45) is 0 Å². The number of hydrogen-bond donors (Lipinski definition) is 2. The smallest absolute Gasteiger partial charge is 0.252 e. The third-order valence-electron chi connectivity index (χ3n) is 3.44. The summed E-state index contributed by atoms with van der Waals surface area (Å²) < 4.78 is 1.32. The van der Waals surface area contributed by atoms with Gasteiger partial charge in [0.25, 0.3) is 5.24 Å². The molecule has 20 heavy (non-hydrogen) atoms. The molecule has 0 amide bonds. The summed E-state index contributed by atoms with van der Waals surface area (Å²) in [7, 11) is 0. The maximum Gasteiger partial charge on any atom is 0.252 e. The molecular formula is C15H12ClNO3. The first-order valence-corrected chi connectivity index (χ1v) is 6.59. The highest BCUT2D eigenvalue weighted by atomic mass is 35.5. The van der Waals surface area contributed by atoms with Crippen LogP contribution in [0.25, 0.3) is 11.8 Å². The number of aromatic nitrogens is 1. The maximum absolute atomic E-state index is 11.2. The van der Waals surface area contributed by atoms with Crippen LogP contribution in [0.2, 0.25) is 0 Å². The minimum atomic E-state index is -0.581. The van der Waals surface area contributed by atoms with Crippen LogP contribution >= 0.6 is 11.6 Å². The summed E-state index contributed by atoms with van der Waals surface area (Å²) in [5.41, 5.74) is 2.14. The third kappa shape index (κ3) is 1.89. The molecule has 1 aliphatic rings. The van der Waals surface area contributed by atoms with E-state index in [9.17, 15) is 15.0 Å². The Morgan fingerprint density at radius 3 is 2.75 bits per heavy atom. The summed E-state index contributed by atoms with van der Waals surface area (Å²) in [6.45, 7) is 0. The van der Waals surface area contributed by atoms with Crippen molar-refractivity contribution >= 4 is 22.9 Å². The van der Waals surface area contributed by atoms with Gasteiger partial charge < -0.3 is 10.2 Å². The van der Waals surface area contributed by atoms with E-state index < -0.39 is 5.24 Å². The predicted molar refractivity (Wildman–Crippen MR) is 76.6 cm³/mol. The summed E-state index contributed by atoms with van der Waals surface area (Å²) in [5.74, 6) is -0.0337. The van der Waals surface area contributed by atoms with E-state index in [4.69, 9.17) is 11.6 Å². The van der Waals surface area contributed by atoms with Crippen molar-refractivity contribution in [2.75, 3.05) is 0 Å². The lowest BCUT2D eigenvalue weighted by atomic mass is 10.0. The molecule has 0 bridgehead atoms. The number of halogens is 1. The molecule has 0 spiro atoms. The molecule has 2 aromatic rings. The van der Waals surface area contributed by atoms with Gasteiger partial charge in [0.1, 0.15) is 0 Å².